The summed E-state index contributed by atoms with van der Waals surface area (Å²) in [7, 11) is 0. The highest BCUT2D eigenvalue weighted by molar-refractivity contribution is 6.01. The topological polar surface area (TPSA) is 58.6 Å². The molecule has 0 aliphatic carbocycles. The van der Waals surface area contributed by atoms with Crippen molar-refractivity contribution < 1.29 is 18.7 Å². The Kier molecular flexibility index (Phi) is 6.78. The van der Waals surface area contributed by atoms with Crippen molar-refractivity contribution >= 4 is 29.8 Å². The number of anilines is 1. The molecular weight excluding hydrogens is 407 g/mol. The van der Waals surface area contributed by atoms with E-state index < -0.39 is 5.60 Å². The fourth-order valence-corrected chi connectivity index (χ4v) is 4.22. The summed E-state index contributed by atoms with van der Waals surface area (Å²) in [6.07, 6.45) is 2.54. The van der Waals surface area contributed by atoms with Gasteiger partial charge in [-0.25, -0.2) is 4.39 Å². The molecule has 2 heterocycles. The first-order chi connectivity index (χ1) is 13.9. The van der Waals surface area contributed by atoms with Crippen LogP contribution in [0.3, 0.4) is 0 Å². The molecule has 0 radical (unpaired) electrons. The summed E-state index contributed by atoms with van der Waals surface area (Å²) in [5, 5.41) is 2.74. The fourth-order valence-electron chi connectivity index (χ4n) is 4.22. The quantitative estimate of drug-likeness (QED) is 0.784. The highest BCUT2D eigenvalue weighted by atomic mass is 35.5. The molecule has 0 bridgehead atoms. The van der Waals surface area contributed by atoms with Crippen molar-refractivity contribution in [1.29, 1.82) is 0 Å². The zero-order valence-corrected chi connectivity index (χ0v) is 17.8. The van der Waals surface area contributed by atoms with Crippen LogP contribution in [0.2, 0.25) is 0 Å². The average Bonchev–Trinajstić information content (AvgIpc) is 2.68. The lowest BCUT2D eigenvalue weighted by Crippen LogP contribution is -2.51. The van der Waals surface area contributed by atoms with Gasteiger partial charge in [-0.15, -0.1) is 12.4 Å². The van der Waals surface area contributed by atoms with Gasteiger partial charge in [-0.3, -0.25) is 9.59 Å². The van der Waals surface area contributed by atoms with E-state index in [1.165, 1.54) is 13.0 Å². The third-order valence-corrected chi connectivity index (χ3v) is 5.83. The Morgan fingerprint density at radius 2 is 1.93 bits per heavy atom. The van der Waals surface area contributed by atoms with Crippen molar-refractivity contribution in [2.24, 2.45) is 0 Å². The number of hydrogen-bond acceptors (Lipinski definition) is 4. The van der Waals surface area contributed by atoms with Gasteiger partial charge in [0.1, 0.15) is 17.2 Å². The molecule has 2 aromatic rings. The molecular formula is C23H26ClFN2O3. The maximum absolute atomic E-state index is 13.8. The predicted molar refractivity (Wildman–Crippen MR) is 116 cm³/mol. The van der Waals surface area contributed by atoms with E-state index in [9.17, 15) is 14.0 Å². The van der Waals surface area contributed by atoms with Crippen molar-refractivity contribution in [3.8, 4) is 5.75 Å². The number of carbonyl (C=O) groups excluding carboxylic acids is 2. The summed E-state index contributed by atoms with van der Waals surface area (Å²) in [6, 6.07) is 12.1. The number of halogens is 2. The molecule has 1 amide bonds. The molecule has 0 atom stereocenters. The molecule has 2 aliphatic heterocycles. The van der Waals surface area contributed by atoms with Crippen LogP contribution < -0.4 is 10.1 Å². The minimum Gasteiger partial charge on any atom is -0.486 e. The van der Waals surface area contributed by atoms with Gasteiger partial charge < -0.3 is 15.0 Å². The van der Waals surface area contributed by atoms with Crippen LogP contribution in [0, 0.1) is 5.82 Å². The molecule has 1 spiro atoms. The largest absolute Gasteiger partial charge is 0.486 e. The standard InChI is InChI=1S/C23H25FN2O3.ClH/c1-16(27)25-18-6-7-19-21(28)15-23(29-22(19)14-18)9-12-26(13-10-23)11-8-17-4-2-3-5-20(17)24;/h2-7,14H,8-13,15H2,1H3,(H,25,27);1H. The Hall–Kier alpha value is -2.44. The Balaban J connectivity index is 0.00000256. The van der Waals surface area contributed by atoms with E-state index in [4.69, 9.17) is 4.74 Å². The summed E-state index contributed by atoms with van der Waals surface area (Å²) in [5.74, 6) is 0.312. The number of likely N-dealkylation sites (tertiary alicyclic amines) is 1. The van der Waals surface area contributed by atoms with Crippen molar-refractivity contribution in [1.82, 2.24) is 4.90 Å². The summed E-state index contributed by atoms with van der Waals surface area (Å²) in [6.45, 7) is 3.85. The number of ether oxygens (including phenoxy) is 1. The molecule has 1 fully saturated rings. The number of piperidine rings is 1. The zero-order chi connectivity index (χ0) is 20.4. The van der Waals surface area contributed by atoms with E-state index in [0.29, 0.717) is 29.8 Å². The molecule has 0 saturated carbocycles. The second-order valence-electron chi connectivity index (χ2n) is 7.96. The van der Waals surface area contributed by atoms with Crippen LogP contribution in [-0.4, -0.2) is 41.8 Å². The molecule has 4 rings (SSSR count). The third-order valence-electron chi connectivity index (χ3n) is 5.83. The molecule has 0 unspecified atom stereocenters. The van der Waals surface area contributed by atoms with E-state index in [0.717, 1.165) is 38.0 Å². The number of ketones is 1. The zero-order valence-electron chi connectivity index (χ0n) is 16.9. The average molecular weight is 433 g/mol. The SMILES string of the molecule is CC(=O)Nc1ccc2c(c1)OC1(CCN(CCc3ccccc3F)CC1)CC2=O.Cl. The van der Waals surface area contributed by atoms with Crippen LogP contribution in [0.25, 0.3) is 0 Å². The number of carbonyl (C=O) groups is 2. The second kappa shape index (κ2) is 9.14. The van der Waals surface area contributed by atoms with Gasteiger partial charge in [0.15, 0.2) is 5.78 Å². The van der Waals surface area contributed by atoms with Gasteiger partial charge >= 0.3 is 0 Å². The smallest absolute Gasteiger partial charge is 0.221 e. The lowest BCUT2D eigenvalue weighted by molar-refractivity contribution is -0.114. The number of amides is 1. The van der Waals surface area contributed by atoms with Crippen LogP contribution >= 0.6 is 12.4 Å². The normalized spacial score (nSPS) is 17.6. The van der Waals surface area contributed by atoms with E-state index >= 15 is 0 Å². The van der Waals surface area contributed by atoms with E-state index in [2.05, 4.69) is 10.2 Å². The minimum absolute atomic E-state index is 0. The van der Waals surface area contributed by atoms with Gasteiger partial charge in [0.2, 0.25) is 5.91 Å². The predicted octanol–water partition coefficient (Wildman–Crippen LogP) is 4.25. The van der Waals surface area contributed by atoms with Crippen LogP contribution in [0.5, 0.6) is 5.75 Å². The Bertz CT molecular complexity index is 942. The second-order valence-corrected chi connectivity index (χ2v) is 7.96. The monoisotopic (exact) mass is 432 g/mol. The van der Waals surface area contributed by atoms with Crippen molar-refractivity contribution in [3.63, 3.8) is 0 Å². The third kappa shape index (κ3) is 4.82. The Labute approximate surface area is 182 Å². The van der Waals surface area contributed by atoms with Crippen LogP contribution in [0.1, 0.15) is 42.1 Å². The number of rotatable bonds is 4. The van der Waals surface area contributed by atoms with Gasteiger partial charge in [0, 0.05) is 51.2 Å². The number of benzene rings is 2. The lowest BCUT2D eigenvalue weighted by atomic mass is 9.82. The number of hydrogen-bond donors (Lipinski definition) is 1. The van der Waals surface area contributed by atoms with E-state index in [1.807, 2.05) is 12.1 Å². The van der Waals surface area contributed by atoms with Gasteiger partial charge in [-0.05, 0) is 30.2 Å². The molecule has 1 N–H and O–H groups in total. The number of fused-ring (bicyclic) bond motifs is 1. The summed E-state index contributed by atoms with van der Waals surface area (Å²) < 4.78 is 20.1. The fraction of sp³-hybridized carbons (Fsp3) is 0.391. The highest BCUT2D eigenvalue weighted by Crippen LogP contribution is 2.40. The van der Waals surface area contributed by atoms with Crippen LogP contribution in [-0.2, 0) is 11.2 Å². The lowest BCUT2D eigenvalue weighted by Gasteiger charge is -2.44. The van der Waals surface area contributed by atoms with Gasteiger partial charge in [0.25, 0.3) is 0 Å². The minimum atomic E-state index is -0.493. The number of nitrogens with one attached hydrogen (secondary N) is 1. The molecule has 160 valence electrons. The van der Waals surface area contributed by atoms with Gasteiger partial charge in [0.05, 0.1) is 12.0 Å². The van der Waals surface area contributed by atoms with Crippen LogP contribution in [0.4, 0.5) is 10.1 Å². The Morgan fingerprint density at radius 3 is 2.63 bits per heavy atom. The van der Waals surface area contributed by atoms with Crippen molar-refractivity contribution in [3.05, 3.63) is 59.4 Å². The molecule has 0 aromatic heterocycles. The summed E-state index contributed by atoms with van der Waals surface area (Å²) in [5.41, 5.74) is 1.44. The van der Waals surface area contributed by atoms with Gasteiger partial charge in [-0.1, -0.05) is 18.2 Å². The first kappa shape index (κ1) is 22.2. The van der Waals surface area contributed by atoms with E-state index in [1.54, 1.807) is 24.3 Å². The van der Waals surface area contributed by atoms with Gasteiger partial charge in [-0.2, -0.15) is 0 Å². The maximum Gasteiger partial charge on any atom is 0.221 e. The molecule has 2 aromatic carbocycles. The molecule has 7 heteroatoms. The number of Topliss-reactive ketones (excluding diaryl/α,β-unsaturated/α-hetero) is 1. The molecule has 2 aliphatic rings. The first-order valence-corrected chi connectivity index (χ1v) is 10.0. The molecule has 30 heavy (non-hydrogen) atoms. The summed E-state index contributed by atoms with van der Waals surface area (Å²) >= 11 is 0. The maximum atomic E-state index is 13.8. The van der Waals surface area contributed by atoms with Crippen LogP contribution in [0.15, 0.2) is 42.5 Å². The van der Waals surface area contributed by atoms with Crippen molar-refractivity contribution in [2.45, 2.75) is 38.2 Å². The van der Waals surface area contributed by atoms with Crippen molar-refractivity contribution in [2.75, 3.05) is 25.0 Å². The van der Waals surface area contributed by atoms with E-state index in [-0.39, 0.29) is 29.9 Å². The summed E-state index contributed by atoms with van der Waals surface area (Å²) in [4.78, 5) is 26.3. The highest BCUT2D eigenvalue weighted by Gasteiger charge is 2.42. The molecule has 5 nitrogen and oxygen atoms in total. The Morgan fingerprint density at radius 1 is 1.20 bits per heavy atom. The number of nitrogens with zero attached hydrogens (tertiary/aromatic N) is 1. The molecule has 1 saturated heterocycles. The first-order valence-electron chi connectivity index (χ1n) is 10.0.